The molecule has 0 heterocycles. The molecular weight excluding hydrogens is 304 g/mol. The molecule has 0 N–H and O–H groups in total. The number of fused-ring (bicyclic) bond motifs is 6. The Morgan fingerprint density at radius 1 is 1.00 bits per heavy atom. The average Bonchev–Trinajstić information content (AvgIpc) is 3.24. The second kappa shape index (κ2) is 5.48. The van der Waals surface area contributed by atoms with E-state index in [0.717, 1.165) is 57.2 Å². The number of allylic oxidation sites excluding steroid dienone is 2. The van der Waals surface area contributed by atoms with Crippen molar-refractivity contribution in [3.8, 4) is 0 Å². The van der Waals surface area contributed by atoms with E-state index in [1.165, 1.54) is 32.1 Å². The molecule has 5 aliphatic carbocycles. The summed E-state index contributed by atoms with van der Waals surface area (Å²) < 4.78 is 0. The molecule has 5 aliphatic rings. The van der Waals surface area contributed by atoms with Crippen molar-refractivity contribution in [2.24, 2.45) is 41.4 Å². The molecule has 10 atom stereocenters. The molecule has 10 unspecified atom stereocenters. The van der Waals surface area contributed by atoms with Crippen molar-refractivity contribution in [1.82, 2.24) is 0 Å². The van der Waals surface area contributed by atoms with Crippen LogP contribution in [0.25, 0.3) is 0 Å². The van der Waals surface area contributed by atoms with Crippen molar-refractivity contribution in [3.05, 3.63) is 12.2 Å². The molecule has 2 bridgehead atoms. The van der Waals surface area contributed by atoms with Crippen LogP contribution in [-0.2, 0) is 0 Å². The minimum atomic E-state index is 0.735. The Kier molecular flexibility index (Phi) is 3.67. The molecule has 0 spiro atoms. The van der Waals surface area contributed by atoms with E-state index in [4.69, 9.17) is 12.6 Å². The van der Waals surface area contributed by atoms with Crippen molar-refractivity contribution in [1.29, 1.82) is 0 Å². The van der Waals surface area contributed by atoms with E-state index in [9.17, 15) is 0 Å². The summed E-state index contributed by atoms with van der Waals surface area (Å²) >= 11 is 7.38. The van der Waals surface area contributed by atoms with Crippen molar-refractivity contribution in [2.45, 2.75) is 67.6 Å². The van der Waals surface area contributed by atoms with Crippen LogP contribution in [0.5, 0.6) is 0 Å². The lowest BCUT2D eigenvalue weighted by Gasteiger charge is -2.34. The van der Waals surface area contributed by atoms with Gasteiger partial charge in [0.2, 0.25) is 0 Å². The molecule has 0 aromatic carbocycles. The Morgan fingerprint density at radius 3 is 2.77 bits per heavy atom. The smallest absolute Gasteiger partial charge is 0.00841 e. The third-order valence-electron chi connectivity index (χ3n) is 8.04. The Bertz CT molecular complexity index is 472. The first kappa shape index (κ1) is 14.8. The van der Waals surface area contributed by atoms with Gasteiger partial charge in [-0.2, -0.15) is 24.4 Å². The number of thiol groups is 1. The van der Waals surface area contributed by atoms with Gasteiger partial charge >= 0.3 is 0 Å². The van der Waals surface area contributed by atoms with Gasteiger partial charge in [0, 0.05) is 15.7 Å². The predicted octanol–water partition coefficient (Wildman–Crippen LogP) is 5.44. The largest absolute Gasteiger partial charge is 0.176 e. The third-order valence-corrected chi connectivity index (χ3v) is 10.3. The van der Waals surface area contributed by atoms with E-state index in [-0.39, 0.29) is 0 Å². The van der Waals surface area contributed by atoms with Crippen LogP contribution in [-0.4, -0.2) is 15.7 Å². The molecule has 2 heteroatoms. The maximum atomic E-state index is 4.95. The fraction of sp³-hybridized carbons (Fsp3) is 0.900. The maximum Gasteiger partial charge on any atom is 0.00841 e. The molecule has 122 valence electrons. The van der Waals surface area contributed by atoms with Crippen LogP contribution >= 0.6 is 24.4 Å². The highest BCUT2D eigenvalue weighted by atomic mass is 32.2. The SMILES string of the molecule is CCC1C=CC2CC(SC3CC4CC3C3C(S)CCC43)CC12. The van der Waals surface area contributed by atoms with Gasteiger partial charge in [0.25, 0.3) is 0 Å². The molecule has 0 aromatic heterocycles. The van der Waals surface area contributed by atoms with E-state index < -0.39 is 0 Å². The van der Waals surface area contributed by atoms with E-state index in [2.05, 4.69) is 30.8 Å². The Hall–Kier alpha value is 0.440. The second-order valence-corrected chi connectivity index (χ2v) is 11.0. The third kappa shape index (κ3) is 2.11. The summed E-state index contributed by atoms with van der Waals surface area (Å²) in [7, 11) is 0. The van der Waals surface area contributed by atoms with Crippen molar-refractivity contribution in [3.63, 3.8) is 0 Å². The van der Waals surface area contributed by atoms with Gasteiger partial charge in [-0.15, -0.1) is 0 Å². The molecule has 0 radical (unpaired) electrons. The Morgan fingerprint density at radius 2 is 1.91 bits per heavy atom. The minimum absolute atomic E-state index is 0.735. The summed E-state index contributed by atoms with van der Waals surface area (Å²) in [6.45, 7) is 2.38. The zero-order valence-electron chi connectivity index (χ0n) is 13.7. The molecule has 4 fully saturated rings. The zero-order chi connectivity index (χ0) is 14.8. The van der Waals surface area contributed by atoms with E-state index in [1.807, 2.05) is 0 Å². The summed E-state index contributed by atoms with van der Waals surface area (Å²) in [5, 5.41) is 2.70. The van der Waals surface area contributed by atoms with Crippen LogP contribution in [0.1, 0.15) is 51.9 Å². The molecule has 22 heavy (non-hydrogen) atoms. The highest BCUT2D eigenvalue weighted by molar-refractivity contribution is 8.00. The molecule has 0 aromatic rings. The molecule has 0 aliphatic heterocycles. The summed E-state index contributed by atoms with van der Waals surface area (Å²) in [4.78, 5) is 0. The van der Waals surface area contributed by atoms with Gasteiger partial charge in [-0.05, 0) is 86.4 Å². The number of thioether (sulfide) groups is 1. The van der Waals surface area contributed by atoms with Crippen LogP contribution in [0.4, 0.5) is 0 Å². The minimum Gasteiger partial charge on any atom is -0.176 e. The lowest BCUT2D eigenvalue weighted by Crippen LogP contribution is -2.31. The Labute approximate surface area is 145 Å². The highest BCUT2D eigenvalue weighted by Gasteiger charge is 2.57. The van der Waals surface area contributed by atoms with Gasteiger partial charge in [-0.1, -0.05) is 19.1 Å². The van der Waals surface area contributed by atoms with E-state index in [0.29, 0.717) is 0 Å². The van der Waals surface area contributed by atoms with Gasteiger partial charge in [0.1, 0.15) is 0 Å². The normalized spacial score (nSPS) is 58.5. The van der Waals surface area contributed by atoms with Gasteiger partial charge in [0.05, 0.1) is 0 Å². The van der Waals surface area contributed by atoms with Crippen LogP contribution < -0.4 is 0 Å². The zero-order valence-corrected chi connectivity index (χ0v) is 15.4. The standard InChI is InChI=1S/C20H30S2/c1-2-11-3-4-12-7-14(10-16(11)12)22-19-9-13-8-17(19)20-15(13)5-6-18(20)21/h3-4,11-21H,2,5-10H2,1H3. The summed E-state index contributed by atoms with van der Waals surface area (Å²) in [5.74, 6) is 6.99. The van der Waals surface area contributed by atoms with Crippen LogP contribution in [0.2, 0.25) is 0 Å². The summed E-state index contributed by atoms with van der Waals surface area (Å²) in [5.41, 5.74) is 0. The van der Waals surface area contributed by atoms with Gasteiger partial charge in [-0.25, -0.2) is 0 Å². The number of hydrogen-bond donors (Lipinski definition) is 1. The lowest BCUT2D eigenvalue weighted by molar-refractivity contribution is 0.270. The van der Waals surface area contributed by atoms with Crippen LogP contribution in [0, 0.1) is 41.4 Å². The predicted molar refractivity (Wildman–Crippen MR) is 99.5 cm³/mol. The van der Waals surface area contributed by atoms with Gasteiger partial charge < -0.3 is 0 Å². The molecular formula is C20H30S2. The summed E-state index contributed by atoms with van der Waals surface area (Å²) in [6.07, 6.45) is 15.4. The molecule has 0 nitrogen and oxygen atoms in total. The van der Waals surface area contributed by atoms with Crippen molar-refractivity contribution >= 4 is 24.4 Å². The van der Waals surface area contributed by atoms with Crippen LogP contribution in [0.3, 0.4) is 0 Å². The molecule has 0 amide bonds. The highest BCUT2D eigenvalue weighted by Crippen LogP contribution is 2.63. The van der Waals surface area contributed by atoms with Crippen molar-refractivity contribution in [2.75, 3.05) is 0 Å². The lowest BCUT2D eigenvalue weighted by atomic mass is 9.81. The number of hydrogen-bond acceptors (Lipinski definition) is 2. The summed E-state index contributed by atoms with van der Waals surface area (Å²) in [6, 6.07) is 0. The van der Waals surface area contributed by atoms with Gasteiger partial charge in [0.15, 0.2) is 0 Å². The quantitative estimate of drug-likeness (QED) is 0.529. The molecule has 4 saturated carbocycles. The van der Waals surface area contributed by atoms with Gasteiger partial charge in [-0.3, -0.25) is 0 Å². The monoisotopic (exact) mass is 334 g/mol. The Balaban J connectivity index is 1.24. The fourth-order valence-electron chi connectivity index (χ4n) is 7.16. The maximum absolute atomic E-state index is 4.95. The van der Waals surface area contributed by atoms with Crippen molar-refractivity contribution < 1.29 is 0 Å². The number of rotatable bonds is 3. The first-order valence-corrected chi connectivity index (χ1v) is 11.2. The second-order valence-electron chi connectivity index (χ2n) is 8.83. The fourth-order valence-corrected chi connectivity index (χ4v) is 9.76. The molecule has 5 rings (SSSR count). The van der Waals surface area contributed by atoms with E-state index >= 15 is 0 Å². The van der Waals surface area contributed by atoms with Crippen LogP contribution in [0.15, 0.2) is 12.2 Å². The van der Waals surface area contributed by atoms with E-state index in [1.54, 1.807) is 12.8 Å². The molecule has 0 saturated heterocycles. The average molecular weight is 335 g/mol. The first-order chi connectivity index (χ1) is 10.7. The topological polar surface area (TPSA) is 0 Å². The first-order valence-electron chi connectivity index (χ1n) is 9.76.